The van der Waals surface area contributed by atoms with Crippen LogP contribution in [0.5, 0.6) is 5.75 Å². The predicted octanol–water partition coefficient (Wildman–Crippen LogP) is 0.976. The Labute approximate surface area is 119 Å². The molecule has 7 heteroatoms. The number of carbonyl (C=O) groups excluding carboxylic acids is 1. The summed E-state index contributed by atoms with van der Waals surface area (Å²) >= 11 is 0. The third-order valence-corrected chi connectivity index (χ3v) is 3.49. The number of esters is 1. The zero-order valence-corrected chi connectivity index (χ0v) is 12.5. The molecule has 0 fully saturated rings. The van der Waals surface area contributed by atoms with Crippen LogP contribution in [-0.4, -0.2) is 34.1 Å². The van der Waals surface area contributed by atoms with Crippen LogP contribution in [0.25, 0.3) is 0 Å². The molecule has 0 saturated carbocycles. The lowest BCUT2D eigenvalue weighted by molar-refractivity contribution is -0.139. The average Bonchev–Trinajstić information content (AvgIpc) is 2.37. The highest BCUT2D eigenvalue weighted by Gasteiger charge is 2.11. The number of aromatic nitrogens is 1. The minimum Gasteiger partial charge on any atom is -0.488 e. The number of pyridine rings is 1. The van der Waals surface area contributed by atoms with Crippen molar-refractivity contribution in [3.63, 3.8) is 0 Å². The highest BCUT2D eigenvalue weighted by atomic mass is 32.2. The third-order valence-electron chi connectivity index (χ3n) is 2.30. The number of H-pyrrole nitrogens is 1. The number of aromatic amines is 1. The van der Waals surface area contributed by atoms with E-state index in [9.17, 15) is 13.8 Å². The Balaban J connectivity index is 2.60. The topological polar surface area (TPSA) is 85.5 Å². The molecule has 20 heavy (non-hydrogen) atoms. The molecule has 0 aliphatic heterocycles. The van der Waals surface area contributed by atoms with E-state index in [0.29, 0.717) is 12.3 Å². The Bertz CT molecular complexity index is 526. The Morgan fingerprint density at radius 2 is 2.15 bits per heavy atom. The zero-order valence-electron chi connectivity index (χ0n) is 11.6. The van der Waals surface area contributed by atoms with Gasteiger partial charge in [-0.15, -0.1) is 0 Å². The Morgan fingerprint density at radius 1 is 1.40 bits per heavy atom. The van der Waals surface area contributed by atoms with Crippen LogP contribution in [0, 0.1) is 0 Å². The molecule has 1 heterocycles. The second kappa shape index (κ2) is 8.52. The predicted molar refractivity (Wildman–Crippen MR) is 76.2 cm³/mol. The maximum atomic E-state index is 11.7. The summed E-state index contributed by atoms with van der Waals surface area (Å²) in [5, 5.41) is 0. The maximum Gasteiger partial charge on any atom is 0.318 e. The SMILES string of the molecule is CCCOc1c[nH]c(CS(=O)CC(=O)OCC)cc1=O. The van der Waals surface area contributed by atoms with Crippen LogP contribution in [-0.2, 0) is 26.1 Å². The molecule has 1 N–H and O–H groups in total. The Morgan fingerprint density at radius 3 is 2.75 bits per heavy atom. The number of nitrogens with one attached hydrogen (secondary N) is 1. The molecule has 1 aromatic heterocycles. The van der Waals surface area contributed by atoms with Crippen LogP contribution in [0.4, 0.5) is 0 Å². The van der Waals surface area contributed by atoms with E-state index in [1.165, 1.54) is 12.3 Å². The summed E-state index contributed by atoms with van der Waals surface area (Å²) < 4.78 is 21.7. The Hall–Kier alpha value is -1.63. The minimum absolute atomic E-state index is 0.0993. The molecular formula is C13H19NO5S. The number of rotatable bonds is 8. The summed E-state index contributed by atoms with van der Waals surface area (Å²) in [5.41, 5.74) is 0.238. The monoisotopic (exact) mass is 301 g/mol. The van der Waals surface area contributed by atoms with Crippen LogP contribution in [0.2, 0.25) is 0 Å². The lowest BCUT2D eigenvalue weighted by atomic mass is 10.3. The van der Waals surface area contributed by atoms with Crippen molar-refractivity contribution in [3.8, 4) is 5.75 Å². The first-order chi connectivity index (χ1) is 9.56. The lowest BCUT2D eigenvalue weighted by Gasteiger charge is -2.06. The molecule has 1 rings (SSSR count). The molecule has 1 unspecified atom stereocenters. The summed E-state index contributed by atoms with van der Waals surface area (Å²) in [6.07, 6.45) is 2.26. The quantitative estimate of drug-likeness (QED) is 0.723. The first kappa shape index (κ1) is 16.4. The summed E-state index contributed by atoms with van der Waals surface area (Å²) in [6.45, 7) is 4.36. The maximum absolute atomic E-state index is 11.7. The normalized spacial score (nSPS) is 11.9. The van der Waals surface area contributed by atoms with Gasteiger partial charge >= 0.3 is 5.97 Å². The van der Waals surface area contributed by atoms with E-state index in [1.807, 2.05) is 6.92 Å². The smallest absolute Gasteiger partial charge is 0.318 e. The van der Waals surface area contributed by atoms with Gasteiger partial charge in [0.2, 0.25) is 5.43 Å². The number of hydrogen-bond donors (Lipinski definition) is 1. The van der Waals surface area contributed by atoms with Gasteiger partial charge in [0, 0.05) is 28.8 Å². The van der Waals surface area contributed by atoms with Crippen molar-refractivity contribution >= 4 is 16.8 Å². The molecule has 0 saturated heterocycles. The van der Waals surface area contributed by atoms with Gasteiger partial charge in [-0.1, -0.05) is 6.92 Å². The Kier molecular flexibility index (Phi) is 7.00. The third kappa shape index (κ3) is 5.56. The van der Waals surface area contributed by atoms with Crippen molar-refractivity contribution in [1.82, 2.24) is 4.98 Å². The van der Waals surface area contributed by atoms with Gasteiger partial charge in [0.15, 0.2) is 5.75 Å². The van der Waals surface area contributed by atoms with Crippen molar-refractivity contribution in [2.24, 2.45) is 0 Å². The molecule has 0 amide bonds. The van der Waals surface area contributed by atoms with Crippen LogP contribution >= 0.6 is 0 Å². The van der Waals surface area contributed by atoms with Gasteiger partial charge in [-0.25, -0.2) is 0 Å². The van der Waals surface area contributed by atoms with Crippen LogP contribution in [0.3, 0.4) is 0 Å². The molecule has 0 spiro atoms. The number of carbonyl (C=O) groups is 1. The van der Waals surface area contributed by atoms with Crippen molar-refractivity contribution in [2.45, 2.75) is 26.0 Å². The van der Waals surface area contributed by atoms with Crippen molar-refractivity contribution in [2.75, 3.05) is 19.0 Å². The number of ether oxygens (including phenoxy) is 2. The molecule has 6 nitrogen and oxygen atoms in total. The van der Waals surface area contributed by atoms with E-state index in [-0.39, 0.29) is 29.3 Å². The van der Waals surface area contributed by atoms with Crippen molar-refractivity contribution < 1.29 is 18.5 Å². The van der Waals surface area contributed by atoms with E-state index in [2.05, 4.69) is 4.98 Å². The van der Waals surface area contributed by atoms with Gasteiger partial charge in [0.25, 0.3) is 0 Å². The van der Waals surface area contributed by atoms with E-state index < -0.39 is 16.8 Å². The summed E-state index contributed by atoms with van der Waals surface area (Å²) in [5.74, 6) is -0.339. The molecule has 0 aliphatic carbocycles. The highest BCUT2D eigenvalue weighted by molar-refractivity contribution is 7.84. The fourth-order valence-corrected chi connectivity index (χ4v) is 2.43. The molecule has 1 atom stereocenters. The lowest BCUT2D eigenvalue weighted by Crippen LogP contribution is -2.16. The molecule has 1 aromatic rings. The number of hydrogen-bond acceptors (Lipinski definition) is 5. The molecular weight excluding hydrogens is 282 g/mol. The summed E-state index contributed by atoms with van der Waals surface area (Å²) in [4.78, 5) is 25.7. The van der Waals surface area contributed by atoms with E-state index in [0.717, 1.165) is 6.42 Å². The largest absolute Gasteiger partial charge is 0.488 e. The standard InChI is InChI=1S/C13H19NO5S/c1-3-5-19-12-7-14-10(6-11(12)15)8-20(17)9-13(16)18-4-2/h6-7H,3-5,8-9H2,1-2H3,(H,14,15). The minimum atomic E-state index is -1.41. The zero-order chi connectivity index (χ0) is 15.0. The first-order valence-electron chi connectivity index (χ1n) is 6.41. The molecule has 0 radical (unpaired) electrons. The van der Waals surface area contributed by atoms with Gasteiger partial charge in [-0.05, 0) is 13.3 Å². The van der Waals surface area contributed by atoms with E-state index >= 15 is 0 Å². The summed E-state index contributed by atoms with van der Waals surface area (Å²) in [6, 6.07) is 1.34. The van der Waals surface area contributed by atoms with Crippen LogP contribution in [0.1, 0.15) is 26.0 Å². The highest BCUT2D eigenvalue weighted by Crippen LogP contribution is 2.05. The molecule has 112 valence electrons. The van der Waals surface area contributed by atoms with Gasteiger partial charge in [-0.2, -0.15) is 0 Å². The average molecular weight is 301 g/mol. The van der Waals surface area contributed by atoms with Crippen LogP contribution in [0.15, 0.2) is 17.1 Å². The summed E-state index contributed by atoms with van der Waals surface area (Å²) in [7, 11) is -1.41. The second-order valence-corrected chi connectivity index (χ2v) is 5.53. The fraction of sp³-hybridized carbons (Fsp3) is 0.538. The van der Waals surface area contributed by atoms with E-state index in [1.54, 1.807) is 6.92 Å². The van der Waals surface area contributed by atoms with E-state index in [4.69, 9.17) is 9.47 Å². The van der Waals surface area contributed by atoms with Gasteiger partial charge in [0.05, 0.1) is 19.0 Å². The van der Waals surface area contributed by atoms with Crippen LogP contribution < -0.4 is 10.2 Å². The van der Waals surface area contributed by atoms with Crippen molar-refractivity contribution in [3.05, 3.63) is 28.2 Å². The molecule has 0 aromatic carbocycles. The van der Waals surface area contributed by atoms with Crippen molar-refractivity contribution in [1.29, 1.82) is 0 Å². The van der Waals surface area contributed by atoms with Gasteiger partial charge in [0.1, 0.15) is 5.75 Å². The van der Waals surface area contributed by atoms with Gasteiger partial charge < -0.3 is 14.5 Å². The fourth-order valence-electron chi connectivity index (χ4n) is 1.47. The molecule has 0 aliphatic rings. The first-order valence-corrected chi connectivity index (χ1v) is 7.90. The second-order valence-electron chi connectivity index (χ2n) is 4.07. The molecule has 0 bridgehead atoms. The van der Waals surface area contributed by atoms with Gasteiger partial charge in [-0.3, -0.25) is 13.8 Å².